The maximum absolute atomic E-state index is 5.30. The van der Waals surface area contributed by atoms with Gasteiger partial charge >= 0.3 is 0 Å². The van der Waals surface area contributed by atoms with Crippen LogP contribution in [0.1, 0.15) is 6.92 Å². The van der Waals surface area contributed by atoms with E-state index in [0.29, 0.717) is 18.4 Å². The monoisotopic (exact) mass is 380 g/mol. The molecular weight excluding hydrogens is 360 g/mol. The van der Waals surface area contributed by atoms with E-state index in [4.69, 9.17) is 11.2 Å². The minimum absolute atomic E-state index is 0.384. The van der Waals surface area contributed by atoms with Gasteiger partial charge in [0.05, 0.1) is 17.8 Å². The zero-order valence-electron chi connectivity index (χ0n) is 13.4. The van der Waals surface area contributed by atoms with Gasteiger partial charge in [-0.3, -0.25) is 0 Å². The summed E-state index contributed by atoms with van der Waals surface area (Å²) in [5.41, 5.74) is 0. The third kappa shape index (κ3) is 4.48. The molecule has 0 amide bonds. The van der Waals surface area contributed by atoms with Gasteiger partial charge in [-0.15, -0.1) is 6.42 Å². The van der Waals surface area contributed by atoms with E-state index in [2.05, 4.69) is 51.9 Å². The first kappa shape index (κ1) is 17.3. The molecule has 7 nitrogen and oxygen atoms in total. The number of hydrogen-bond donors (Lipinski definition) is 1. The fraction of sp³-hybridized carbons (Fsp3) is 0.533. The summed E-state index contributed by atoms with van der Waals surface area (Å²) >= 11 is 3.37. The van der Waals surface area contributed by atoms with Crippen molar-refractivity contribution in [3.63, 3.8) is 0 Å². The summed E-state index contributed by atoms with van der Waals surface area (Å²) in [7, 11) is 1.60. The van der Waals surface area contributed by atoms with Crippen molar-refractivity contribution in [3.05, 3.63) is 10.7 Å². The summed E-state index contributed by atoms with van der Waals surface area (Å²) in [6.45, 7) is 6.53. The second kappa shape index (κ2) is 8.58. The van der Waals surface area contributed by atoms with Crippen LogP contribution >= 0.6 is 15.9 Å². The lowest BCUT2D eigenvalue weighted by Crippen LogP contribution is -2.53. The topological polar surface area (TPSA) is 65.9 Å². The fourth-order valence-electron chi connectivity index (χ4n) is 2.30. The summed E-state index contributed by atoms with van der Waals surface area (Å²) in [5, 5.41) is 3.27. The van der Waals surface area contributed by atoms with Gasteiger partial charge in [-0.1, -0.05) is 5.92 Å². The summed E-state index contributed by atoms with van der Waals surface area (Å²) in [5.74, 6) is 4.62. The molecule has 1 aromatic heterocycles. The number of methoxy groups -OCH3 is 1. The molecule has 0 bridgehead atoms. The standard InChI is InChI=1S/C15H21BrN6O/c1-4-6-18-14(17-5-2)21-7-9-22(10-8-21)15-19-11-12(16)13(20-15)23-3/h1,11H,5-10H2,2-3H3,(H,17,18). The molecule has 0 saturated carbocycles. The summed E-state index contributed by atoms with van der Waals surface area (Å²) in [4.78, 5) is 17.5. The SMILES string of the molecule is C#CCN=C(NCC)N1CCN(c2ncc(Br)c(OC)n2)CC1. The van der Waals surface area contributed by atoms with Crippen molar-refractivity contribution in [3.8, 4) is 18.2 Å². The second-order valence-electron chi connectivity index (χ2n) is 4.88. The molecule has 1 saturated heterocycles. The Morgan fingerprint density at radius 3 is 2.83 bits per heavy atom. The van der Waals surface area contributed by atoms with Crippen LogP contribution in [0.4, 0.5) is 5.95 Å². The van der Waals surface area contributed by atoms with Crippen molar-refractivity contribution in [1.29, 1.82) is 0 Å². The number of nitrogens with zero attached hydrogens (tertiary/aromatic N) is 5. The van der Waals surface area contributed by atoms with Crippen molar-refractivity contribution in [2.45, 2.75) is 6.92 Å². The van der Waals surface area contributed by atoms with E-state index in [1.807, 2.05) is 6.92 Å². The van der Waals surface area contributed by atoms with Gasteiger partial charge in [-0.05, 0) is 22.9 Å². The number of terminal acetylenes is 1. The van der Waals surface area contributed by atoms with Crippen LogP contribution in [0.15, 0.2) is 15.7 Å². The van der Waals surface area contributed by atoms with Crippen LogP contribution in [0.3, 0.4) is 0 Å². The van der Waals surface area contributed by atoms with E-state index in [1.54, 1.807) is 13.3 Å². The maximum Gasteiger partial charge on any atom is 0.232 e. The molecule has 1 aromatic rings. The van der Waals surface area contributed by atoms with Crippen molar-refractivity contribution >= 4 is 27.8 Å². The number of guanidine groups is 1. The molecule has 0 atom stereocenters. The van der Waals surface area contributed by atoms with E-state index in [-0.39, 0.29) is 0 Å². The number of nitrogens with one attached hydrogen (secondary N) is 1. The molecule has 0 unspecified atom stereocenters. The largest absolute Gasteiger partial charge is 0.480 e. The average molecular weight is 381 g/mol. The molecule has 1 fully saturated rings. The third-order valence-corrected chi connectivity index (χ3v) is 3.95. The van der Waals surface area contributed by atoms with Gasteiger partial charge in [0.15, 0.2) is 5.96 Å². The van der Waals surface area contributed by atoms with E-state index in [0.717, 1.165) is 43.2 Å². The number of rotatable bonds is 4. The van der Waals surface area contributed by atoms with Crippen LogP contribution in [-0.4, -0.2) is 67.2 Å². The molecule has 0 radical (unpaired) electrons. The molecule has 1 aliphatic rings. The predicted octanol–water partition coefficient (Wildman–Crippen LogP) is 0.968. The van der Waals surface area contributed by atoms with Gasteiger partial charge in [-0.25, -0.2) is 9.98 Å². The van der Waals surface area contributed by atoms with Crippen molar-refractivity contribution < 1.29 is 4.74 Å². The number of piperazine rings is 1. The minimum atomic E-state index is 0.384. The van der Waals surface area contributed by atoms with Crippen molar-refractivity contribution in [2.75, 3.05) is 51.3 Å². The van der Waals surface area contributed by atoms with Crippen molar-refractivity contribution in [1.82, 2.24) is 20.2 Å². The lowest BCUT2D eigenvalue weighted by molar-refractivity contribution is 0.366. The van der Waals surface area contributed by atoms with Crippen LogP contribution in [0.25, 0.3) is 0 Å². The normalized spacial score (nSPS) is 15.3. The molecule has 2 rings (SSSR count). The Morgan fingerprint density at radius 1 is 1.48 bits per heavy atom. The lowest BCUT2D eigenvalue weighted by atomic mass is 10.3. The zero-order chi connectivity index (χ0) is 16.7. The molecule has 8 heteroatoms. The third-order valence-electron chi connectivity index (χ3n) is 3.41. The van der Waals surface area contributed by atoms with Gasteiger partial charge in [0.2, 0.25) is 11.8 Å². The molecule has 0 aromatic carbocycles. The molecule has 23 heavy (non-hydrogen) atoms. The molecule has 2 heterocycles. The smallest absolute Gasteiger partial charge is 0.232 e. The van der Waals surface area contributed by atoms with Crippen LogP contribution < -0.4 is 15.0 Å². The number of aliphatic imine (C=N–C) groups is 1. The Morgan fingerprint density at radius 2 is 2.22 bits per heavy atom. The minimum Gasteiger partial charge on any atom is -0.480 e. The number of halogens is 1. The van der Waals surface area contributed by atoms with Gasteiger partial charge < -0.3 is 19.9 Å². The van der Waals surface area contributed by atoms with E-state index >= 15 is 0 Å². The molecule has 124 valence electrons. The first-order valence-electron chi connectivity index (χ1n) is 7.47. The van der Waals surface area contributed by atoms with E-state index in [9.17, 15) is 0 Å². The number of ether oxygens (including phenoxy) is 1. The van der Waals surface area contributed by atoms with Crippen LogP contribution in [0.5, 0.6) is 5.88 Å². The molecular formula is C15H21BrN6O. The second-order valence-corrected chi connectivity index (χ2v) is 5.73. The van der Waals surface area contributed by atoms with E-state index in [1.165, 1.54) is 0 Å². The van der Waals surface area contributed by atoms with E-state index < -0.39 is 0 Å². The van der Waals surface area contributed by atoms with Crippen LogP contribution in [0.2, 0.25) is 0 Å². The first-order chi connectivity index (χ1) is 11.2. The summed E-state index contributed by atoms with van der Waals surface area (Å²) < 4.78 is 5.98. The Labute approximate surface area is 145 Å². The fourth-order valence-corrected chi connectivity index (χ4v) is 2.66. The predicted molar refractivity (Wildman–Crippen MR) is 94.9 cm³/mol. The Hall–Kier alpha value is -2.01. The number of aromatic nitrogens is 2. The lowest BCUT2D eigenvalue weighted by Gasteiger charge is -2.36. The van der Waals surface area contributed by atoms with Gasteiger partial charge in [0.1, 0.15) is 6.54 Å². The molecule has 0 spiro atoms. The molecule has 1 aliphatic heterocycles. The average Bonchev–Trinajstić information content (AvgIpc) is 2.59. The Kier molecular flexibility index (Phi) is 6.47. The highest BCUT2D eigenvalue weighted by Crippen LogP contribution is 2.23. The van der Waals surface area contributed by atoms with Crippen LogP contribution in [-0.2, 0) is 0 Å². The van der Waals surface area contributed by atoms with Gasteiger partial charge in [0, 0.05) is 32.7 Å². The number of anilines is 1. The Bertz CT molecular complexity index is 592. The summed E-state index contributed by atoms with van der Waals surface area (Å²) in [6, 6.07) is 0. The highest BCUT2D eigenvalue weighted by Gasteiger charge is 2.22. The summed E-state index contributed by atoms with van der Waals surface area (Å²) in [6.07, 6.45) is 7.01. The van der Waals surface area contributed by atoms with Crippen molar-refractivity contribution in [2.24, 2.45) is 4.99 Å². The quantitative estimate of drug-likeness (QED) is 0.476. The first-order valence-corrected chi connectivity index (χ1v) is 8.27. The highest BCUT2D eigenvalue weighted by molar-refractivity contribution is 9.10. The Balaban J connectivity index is 2.01. The molecule has 1 N–H and O–H groups in total. The number of hydrogen-bond acceptors (Lipinski definition) is 5. The van der Waals surface area contributed by atoms with Crippen LogP contribution in [0, 0.1) is 12.3 Å². The molecule has 0 aliphatic carbocycles. The van der Waals surface area contributed by atoms with Gasteiger partial charge in [0.25, 0.3) is 0 Å². The zero-order valence-corrected chi connectivity index (χ0v) is 15.0. The maximum atomic E-state index is 5.30. The van der Waals surface area contributed by atoms with Gasteiger partial charge in [-0.2, -0.15) is 4.98 Å². The highest BCUT2D eigenvalue weighted by atomic mass is 79.9.